The number of hydrogen-bond donors (Lipinski definition) is 0. The lowest BCUT2D eigenvalue weighted by atomic mass is 10.3. The highest BCUT2D eigenvalue weighted by Gasteiger charge is 2.15. The summed E-state index contributed by atoms with van der Waals surface area (Å²) in [7, 11) is -2.07. The van der Waals surface area contributed by atoms with Crippen LogP contribution in [-0.2, 0) is 22.9 Å². The largest absolute Gasteiger partial charge is 0.361 e. The maximum atomic E-state index is 6.18. The van der Waals surface area contributed by atoms with E-state index in [-0.39, 0.29) is 0 Å². The van der Waals surface area contributed by atoms with Crippen LogP contribution >= 0.6 is 55.1 Å². The van der Waals surface area contributed by atoms with Gasteiger partial charge in [-0.3, -0.25) is 0 Å². The van der Waals surface area contributed by atoms with Gasteiger partial charge in [0, 0.05) is 63.1 Å². The van der Waals surface area contributed by atoms with Crippen molar-refractivity contribution in [3.8, 4) is 0 Å². The average Bonchev–Trinajstić information content (AvgIpc) is 3.31. The smallest absolute Gasteiger partial charge is 0.144 e. The Labute approximate surface area is 254 Å². The Balaban J connectivity index is 0.000000211. The molecule has 0 aliphatic rings. The van der Waals surface area contributed by atoms with E-state index in [0.29, 0.717) is 23.5 Å². The van der Waals surface area contributed by atoms with Crippen molar-refractivity contribution < 1.29 is 9.47 Å². The first-order chi connectivity index (χ1) is 17.8. The van der Waals surface area contributed by atoms with Crippen LogP contribution in [-0.4, -0.2) is 48.5 Å². The molecule has 0 amide bonds. The van der Waals surface area contributed by atoms with Gasteiger partial charge >= 0.3 is 0 Å². The van der Waals surface area contributed by atoms with Gasteiger partial charge in [-0.2, -0.15) is 0 Å². The zero-order valence-corrected chi connectivity index (χ0v) is 29.5. The molecule has 0 saturated heterocycles. The van der Waals surface area contributed by atoms with Crippen LogP contribution in [0.25, 0.3) is 22.1 Å². The number of fused-ring (bicyclic) bond motifs is 2. The van der Waals surface area contributed by atoms with Gasteiger partial charge in [-0.15, -0.1) is 0 Å². The number of nitrogens with zero attached hydrogens (tertiary/aromatic N) is 4. The predicted octanol–water partition coefficient (Wildman–Crippen LogP) is 9.53. The molecule has 0 atom stereocenters. The van der Waals surface area contributed by atoms with E-state index in [4.69, 9.17) is 32.7 Å². The molecular formula is C26H36Br2Cl2N4O2Si2. The average molecular weight is 723 g/mol. The normalized spacial score (nSPS) is 12.3. The molecule has 4 aromatic heterocycles. The van der Waals surface area contributed by atoms with Crippen molar-refractivity contribution in [2.45, 2.75) is 64.8 Å². The Morgan fingerprint density at radius 1 is 0.711 bits per heavy atom. The summed E-state index contributed by atoms with van der Waals surface area (Å²) in [6.07, 6.45) is 7.38. The summed E-state index contributed by atoms with van der Waals surface area (Å²) >= 11 is 19.4. The molecule has 12 heteroatoms. The van der Waals surface area contributed by atoms with Gasteiger partial charge in [0.05, 0.1) is 20.8 Å². The minimum absolute atomic E-state index is 0.514. The highest BCUT2D eigenvalue weighted by molar-refractivity contribution is 9.11. The Hall–Kier alpha value is -0.726. The highest BCUT2D eigenvalue weighted by atomic mass is 79.9. The Morgan fingerprint density at radius 3 is 1.42 bits per heavy atom. The third kappa shape index (κ3) is 9.16. The van der Waals surface area contributed by atoms with E-state index in [9.17, 15) is 0 Å². The van der Waals surface area contributed by atoms with Crippen molar-refractivity contribution >= 4 is 93.3 Å². The van der Waals surface area contributed by atoms with Gasteiger partial charge in [-0.25, -0.2) is 9.97 Å². The molecule has 0 aromatic carbocycles. The standard InChI is InChI=1S/2C13H18BrClN2OSi/c2*1-19(2,3)7-6-18-9-17-8-10(14)12-11(15)4-5-16-13(12)17/h2*4-5,8H,6-7,9H2,1-3H3. The zero-order chi connectivity index (χ0) is 28.1. The SMILES string of the molecule is C[Si](C)(C)CCOCn1cc(Br)c2c(Cl)ccnc21.C[Si](C)(C)CCOCn1cc(Br)c2c(Cl)ccnc21. The van der Waals surface area contributed by atoms with E-state index < -0.39 is 16.1 Å². The lowest BCUT2D eigenvalue weighted by molar-refractivity contribution is 0.0897. The molecule has 38 heavy (non-hydrogen) atoms. The second-order valence-electron chi connectivity index (χ2n) is 11.6. The quantitative estimate of drug-likeness (QED) is 0.121. The molecule has 4 heterocycles. The molecule has 0 fully saturated rings. The molecule has 208 valence electrons. The number of pyridine rings is 2. The summed E-state index contributed by atoms with van der Waals surface area (Å²) in [5, 5.41) is 3.30. The first-order valence-corrected chi connectivity index (χ1v) is 22.3. The second kappa shape index (κ2) is 13.8. The third-order valence-corrected chi connectivity index (χ3v) is 11.0. The fourth-order valence-electron chi connectivity index (χ4n) is 3.54. The van der Waals surface area contributed by atoms with Gasteiger partial charge in [-0.05, 0) is 56.1 Å². The molecular weight excluding hydrogens is 687 g/mol. The Kier molecular flexibility index (Phi) is 11.5. The molecule has 0 aliphatic carbocycles. The summed E-state index contributed by atoms with van der Waals surface area (Å²) in [5.41, 5.74) is 1.71. The van der Waals surface area contributed by atoms with E-state index in [0.717, 1.165) is 44.2 Å². The van der Waals surface area contributed by atoms with Crippen LogP contribution in [0.3, 0.4) is 0 Å². The summed E-state index contributed by atoms with van der Waals surface area (Å²) in [6.45, 7) is 16.7. The van der Waals surface area contributed by atoms with Crippen molar-refractivity contribution in [2.24, 2.45) is 0 Å². The lowest BCUT2D eigenvalue weighted by Gasteiger charge is -2.15. The van der Waals surface area contributed by atoms with Gasteiger partial charge in [0.1, 0.15) is 24.8 Å². The van der Waals surface area contributed by atoms with Gasteiger partial charge in [0.15, 0.2) is 0 Å². The molecule has 4 rings (SSSR count). The molecule has 0 unspecified atom stereocenters. The topological polar surface area (TPSA) is 54.1 Å². The first-order valence-electron chi connectivity index (χ1n) is 12.5. The monoisotopic (exact) mass is 720 g/mol. The van der Waals surface area contributed by atoms with Crippen LogP contribution in [0.5, 0.6) is 0 Å². The van der Waals surface area contributed by atoms with Crippen LogP contribution in [0.15, 0.2) is 45.9 Å². The Bertz CT molecular complexity index is 1260. The van der Waals surface area contributed by atoms with Gasteiger partial charge < -0.3 is 18.6 Å². The summed E-state index contributed by atoms with van der Waals surface area (Å²) < 4.78 is 17.4. The molecule has 0 aliphatic heterocycles. The molecule has 0 bridgehead atoms. The molecule has 0 N–H and O–H groups in total. The summed E-state index contributed by atoms with van der Waals surface area (Å²) in [6, 6.07) is 5.93. The van der Waals surface area contributed by atoms with E-state index in [1.807, 2.05) is 21.5 Å². The van der Waals surface area contributed by atoms with Crippen LogP contribution in [0, 0.1) is 0 Å². The molecule has 0 spiro atoms. The van der Waals surface area contributed by atoms with Crippen molar-refractivity contribution in [3.63, 3.8) is 0 Å². The molecule has 6 nitrogen and oxygen atoms in total. The number of hydrogen-bond acceptors (Lipinski definition) is 4. The number of halogens is 4. The van der Waals surface area contributed by atoms with Crippen molar-refractivity contribution in [1.29, 1.82) is 0 Å². The van der Waals surface area contributed by atoms with Crippen LogP contribution in [0.1, 0.15) is 0 Å². The number of aromatic nitrogens is 4. The van der Waals surface area contributed by atoms with Crippen LogP contribution in [0.4, 0.5) is 0 Å². The molecule has 0 saturated carbocycles. The summed E-state index contributed by atoms with van der Waals surface area (Å²) in [5.74, 6) is 0. The lowest BCUT2D eigenvalue weighted by Crippen LogP contribution is -2.22. The maximum absolute atomic E-state index is 6.18. The minimum atomic E-state index is -1.03. The van der Waals surface area contributed by atoms with E-state index in [1.165, 1.54) is 12.1 Å². The molecule has 4 aromatic rings. The van der Waals surface area contributed by atoms with E-state index in [1.54, 1.807) is 24.5 Å². The van der Waals surface area contributed by atoms with Crippen molar-refractivity contribution in [2.75, 3.05) is 13.2 Å². The van der Waals surface area contributed by atoms with Crippen LogP contribution in [0.2, 0.25) is 61.4 Å². The van der Waals surface area contributed by atoms with Gasteiger partial charge in [0.2, 0.25) is 0 Å². The van der Waals surface area contributed by atoms with E-state index in [2.05, 4.69) is 81.1 Å². The van der Waals surface area contributed by atoms with E-state index >= 15 is 0 Å². The minimum Gasteiger partial charge on any atom is -0.361 e. The number of ether oxygens (including phenoxy) is 2. The summed E-state index contributed by atoms with van der Waals surface area (Å²) in [4.78, 5) is 8.74. The zero-order valence-electron chi connectivity index (χ0n) is 22.8. The van der Waals surface area contributed by atoms with Gasteiger partial charge in [-0.1, -0.05) is 62.5 Å². The number of rotatable bonds is 10. The predicted molar refractivity (Wildman–Crippen MR) is 173 cm³/mol. The van der Waals surface area contributed by atoms with Crippen LogP contribution < -0.4 is 0 Å². The fourth-order valence-corrected chi connectivity index (χ4v) is 7.04. The maximum Gasteiger partial charge on any atom is 0.144 e. The van der Waals surface area contributed by atoms with Gasteiger partial charge in [0.25, 0.3) is 0 Å². The third-order valence-electron chi connectivity index (χ3n) is 5.77. The Morgan fingerprint density at radius 2 is 1.08 bits per heavy atom. The molecule has 0 radical (unpaired) electrons. The highest BCUT2D eigenvalue weighted by Crippen LogP contribution is 2.32. The first kappa shape index (κ1) is 31.8. The van der Waals surface area contributed by atoms with Crippen molar-refractivity contribution in [1.82, 2.24) is 19.1 Å². The van der Waals surface area contributed by atoms with Crippen molar-refractivity contribution in [3.05, 3.63) is 55.9 Å². The fraction of sp³-hybridized carbons (Fsp3) is 0.462. The second-order valence-corrected chi connectivity index (χ2v) is 25.3.